The van der Waals surface area contributed by atoms with Crippen LogP contribution in [-0.4, -0.2) is 19.3 Å². The lowest BCUT2D eigenvalue weighted by atomic mass is 9.85. The predicted molar refractivity (Wildman–Crippen MR) is 133 cm³/mol. The van der Waals surface area contributed by atoms with Gasteiger partial charge in [0.2, 0.25) is 5.91 Å². The summed E-state index contributed by atoms with van der Waals surface area (Å²) >= 11 is 0. The number of carbonyl (C=O) groups is 2. The first-order valence-electron chi connectivity index (χ1n) is 11.6. The largest absolute Gasteiger partial charge is 0.496 e. The minimum Gasteiger partial charge on any atom is -0.496 e. The quantitative estimate of drug-likeness (QED) is 0.318. The summed E-state index contributed by atoms with van der Waals surface area (Å²) in [6.45, 7) is 12.6. The molecule has 174 valence electrons. The summed E-state index contributed by atoms with van der Waals surface area (Å²) in [5.41, 5.74) is 5.54. The summed E-state index contributed by atoms with van der Waals surface area (Å²) in [4.78, 5) is 24.5. The normalized spacial score (nSPS) is 12.3. The Kier molecular flexibility index (Phi) is 9.06. The van der Waals surface area contributed by atoms with Crippen molar-refractivity contribution in [3.8, 4) is 5.75 Å². The topological polar surface area (TPSA) is 55.4 Å². The van der Waals surface area contributed by atoms with Gasteiger partial charge in [-0.05, 0) is 59.9 Å². The van der Waals surface area contributed by atoms with Crippen LogP contribution in [0, 0.1) is 13.8 Å². The highest BCUT2D eigenvalue weighted by molar-refractivity contribution is 5.93. The Hall–Kier alpha value is -2.62. The van der Waals surface area contributed by atoms with Crippen LogP contribution in [0.3, 0.4) is 0 Å². The van der Waals surface area contributed by atoms with E-state index in [-0.39, 0.29) is 17.2 Å². The second-order valence-corrected chi connectivity index (χ2v) is 9.81. The molecule has 2 rings (SSSR count). The van der Waals surface area contributed by atoms with Gasteiger partial charge in [0, 0.05) is 17.7 Å². The number of carbonyl (C=O) groups excluding carboxylic acids is 2. The third-order valence-corrected chi connectivity index (χ3v) is 6.01. The summed E-state index contributed by atoms with van der Waals surface area (Å²) < 4.78 is 5.53. The van der Waals surface area contributed by atoms with Crippen molar-refractivity contribution < 1.29 is 14.3 Å². The number of methoxy groups -OCH3 is 1. The van der Waals surface area contributed by atoms with E-state index in [1.807, 2.05) is 6.07 Å². The van der Waals surface area contributed by atoms with Crippen LogP contribution in [0.25, 0.3) is 0 Å². The maximum absolute atomic E-state index is 13.2. The fourth-order valence-corrected chi connectivity index (χ4v) is 4.39. The molecule has 0 aliphatic rings. The number of nitrogens with one attached hydrogen (secondary N) is 1. The number of anilines is 1. The van der Waals surface area contributed by atoms with E-state index in [0.717, 1.165) is 60.1 Å². The number of benzene rings is 2. The van der Waals surface area contributed by atoms with Crippen molar-refractivity contribution in [2.45, 2.75) is 85.0 Å². The lowest BCUT2D eigenvalue weighted by molar-refractivity contribution is -0.116. The van der Waals surface area contributed by atoms with Crippen molar-refractivity contribution in [1.29, 1.82) is 0 Å². The third kappa shape index (κ3) is 6.69. The summed E-state index contributed by atoms with van der Waals surface area (Å²) in [7, 11) is 1.70. The molecular formula is C28H39NO3. The number of hydrogen-bond donors (Lipinski definition) is 1. The minimum absolute atomic E-state index is 0.0221. The molecule has 0 heterocycles. The van der Waals surface area contributed by atoms with E-state index >= 15 is 0 Å². The van der Waals surface area contributed by atoms with E-state index < -0.39 is 0 Å². The van der Waals surface area contributed by atoms with Crippen molar-refractivity contribution in [3.05, 3.63) is 58.1 Å². The van der Waals surface area contributed by atoms with Gasteiger partial charge >= 0.3 is 0 Å². The molecule has 0 fully saturated rings. The molecule has 4 nitrogen and oxygen atoms in total. The van der Waals surface area contributed by atoms with Crippen LogP contribution in [0.4, 0.5) is 5.69 Å². The van der Waals surface area contributed by atoms with Crippen molar-refractivity contribution in [3.63, 3.8) is 0 Å². The Morgan fingerprint density at radius 3 is 2.28 bits per heavy atom. The van der Waals surface area contributed by atoms with E-state index in [2.05, 4.69) is 59.0 Å². The molecule has 0 bridgehead atoms. The molecule has 0 saturated carbocycles. The first kappa shape index (κ1) is 25.6. The Morgan fingerprint density at radius 2 is 1.75 bits per heavy atom. The Morgan fingerprint density at radius 1 is 1.09 bits per heavy atom. The smallest absolute Gasteiger partial charge is 0.224 e. The first-order valence-corrected chi connectivity index (χ1v) is 11.6. The van der Waals surface area contributed by atoms with Gasteiger partial charge in [0.1, 0.15) is 12.0 Å². The van der Waals surface area contributed by atoms with E-state index in [1.54, 1.807) is 19.2 Å². The number of rotatable bonds is 10. The highest BCUT2D eigenvalue weighted by atomic mass is 16.5. The number of aldehydes is 1. The Bertz CT molecular complexity index is 917. The summed E-state index contributed by atoms with van der Waals surface area (Å²) in [6.07, 6.45) is 5.58. The van der Waals surface area contributed by atoms with Gasteiger partial charge in [-0.2, -0.15) is 0 Å². The average Bonchev–Trinajstić information content (AvgIpc) is 2.72. The van der Waals surface area contributed by atoms with Gasteiger partial charge < -0.3 is 10.1 Å². The van der Waals surface area contributed by atoms with Crippen molar-refractivity contribution in [2.24, 2.45) is 0 Å². The van der Waals surface area contributed by atoms with Gasteiger partial charge in [-0.15, -0.1) is 0 Å². The van der Waals surface area contributed by atoms with Gasteiger partial charge in [0.15, 0.2) is 0 Å². The molecule has 0 aliphatic carbocycles. The zero-order chi connectivity index (χ0) is 23.9. The van der Waals surface area contributed by atoms with Crippen LogP contribution in [0.2, 0.25) is 0 Å². The third-order valence-electron chi connectivity index (χ3n) is 6.01. The molecule has 1 amide bonds. The maximum atomic E-state index is 13.2. The van der Waals surface area contributed by atoms with Crippen molar-refractivity contribution in [2.75, 3.05) is 12.4 Å². The minimum atomic E-state index is -0.144. The van der Waals surface area contributed by atoms with Crippen LogP contribution < -0.4 is 10.1 Å². The van der Waals surface area contributed by atoms with Crippen LogP contribution in [0.5, 0.6) is 5.75 Å². The van der Waals surface area contributed by atoms with Crippen LogP contribution in [0.1, 0.15) is 98.3 Å². The lowest BCUT2D eigenvalue weighted by Crippen LogP contribution is -2.20. The van der Waals surface area contributed by atoms with E-state index in [0.29, 0.717) is 12.0 Å². The first-order chi connectivity index (χ1) is 15.1. The average molecular weight is 438 g/mol. The van der Waals surface area contributed by atoms with Crippen LogP contribution in [0.15, 0.2) is 30.3 Å². The second-order valence-electron chi connectivity index (χ2n) is 9.81. The molecule has 1 N–H and O–H groups in total. The Balaban J connectivity index is 2.31. The fourth-order valence-electron chi connectivity index (χ4n) is 4.39. The van der Waals surface area contributed by atoms with Crippen molar-refractivity contribution in [1.82, 2.24) is 0 Å². The van der Waals surface area contributed by atoms with Crippen molar-refractivity contribution >= 4 is 17.9 Å². The fraction of sp³-hybridized carbons (Fsp3) is 0.500. The number of amides is 1. The number of unbranched alkanes of at least 4 members (excludes halogenated alkanes) is 2. The summed E-state index contributed by atoms with van der Waals surface area (Å²) in [6, 6.07) is 9.83. The molecule has 0 spiro atoms. The predicted octanol–water partition coefficient (Wildman–Crippen LogP) is 7.11. The van der Waals surface area contributed by atoms with Crippen LogP contribution in [-0.2, 0) is 10.2 Å². The molecule has 0 aliphatic heterocycles. The van der Waals surface area contributed by atoms with Gasteiger partial charge in [-0.3, -0.25) is 9.59 Å². The zero-order valence-corrected chi connectivity index (χ0v) is 20.8. The maximum Gasteiger partial charge on any atom is 0.224 e. The standard InChI is InChI=1S/C28H39NO3/c1-8-9-10-11-22(23-14-19(2)27(32-7)20(3)15-23)17-26(31)29-25-16-21(18-30)12-13-24(25)28(4,5)6/h12-16,18,22H,8-11,17H2,1-7H3,(H,29,31). The van der Waals surface area contributed by atoms with Gasteiger partial charge in [0.25, 0.3) is 0 Å². The summed E-state index contributed by atoms with van der Waals surface area (Å²) in [5, 5.41) is 3.11. The molecule has 2 aromatic rings. The van der Waals surface area contributed by atoms with Gasteiger partial charge in [-0.25, -0.2) is 0 Å². The lowest BCUT2D eigenvalue weighted by Gasteiger charge is -2.24. The van der Waals surface area contributed by atoms with E-state index in [4.69, 9.17) is 4.74 Å². The molecule has 4 heteroatoms. The SMILES string of the molecule is CCCCCC(CC(=O)Nc1cc(C=O)ccc1C(C)(C)C)c1cc(C)c(OC)c(C)c1. The van der Waals surface area contributed by atoms with E-state index in [1.165, 1.54) is 5.56 Å². The van der Waals surface area contributed by atoms with Gasteiger partial charge in [0.05, 0.1) is 7.11 Å². The molecule has 0 aromatic heterocycles. The number of ether oxygens (including phenoxy) is 1. The number of hydrogen-bond acceptors (Lipinski definition) is 3. The molecule has 0 radical (unpaired) electrons. The molecule has 1 unspecified atom stereocenters. The monoisotopic (exact) mass is 437 g/mol. The molecule has 1 atom stereocenters. The highest BCUT2D eigenvalue weighted by Gasteiger charge is 2.22. The molecule has 32 heavy (non-hydrogen) atoms. The molecular weight excluding hydrogens is 398 g/mol. The Labute approximate surface area is 193 Å². The highest BCUT2D eigenvalue weighted by Crippen LogP contribution is 2.34. The summed E-state index contributed by atoms with van der Waals surface area (Å²) in [5.74, 6) is 1.02. The van der Waals surface area contributed by atoms with Crippen LogP contribution >= 0.6 is 0 Å². The second kappa shape index (κ2) is 11.3. The molecule has 2 aromatic carbocycles. The van der Waals surface area contributed by atoms with E-state index in [9.17, 15) is 9.59 Å². The molecule has 0 saturated heterocycles. The zero-order valence-electron chi connectivity index (χ0n) is 20.8. The number of aryl methyl sites for hydroxylation is 2. The van der Waals surface area contributed by atoms with Gasteiger partial charge in [-0.1, -0.05) is 71.2 Å².